The molecule has 2 nitrogen and oxygen atoms in total. The van der Waals surface area contributed by atoms with Gasteiger partial charge in [0.2, 0.25) is 0 Å². The molecule has 0 saturated heterocycles. The molecule has 4 heteroatoms. The van der Waals surface area contributed by atoms with Crippen molar-refractivity contribution in [2.75, 3.05) is 6.79 Å². The smallest absolute Gasteiger partial charge is 0.144 e. The highest BCUT2D eigenvalue weighted by Crippen LogP contribution is 2.16. The van der Waals surface area contributed by atoms with Crippen molar-refractivity contribution in [2.24, 2.45) is 0 Å². The van der Waals surface area contributed by atoms with Gasteiger partial charge in [-0.1, -0.05) is 6.07 Å². The predicted molar refractivity (Wildman–Crippen MR) is 63.8 cm³/mol. The number of hydrogen-bond donors (Lipinski definition) is 1. The Morgan fingerprint density at radius 1 is 1.33 bits per heavy atom. The van der Waals surface area contributed by atoms with Crippen LogP contribution in [-0.2, 0) is 11.3 Å². The van der Waals surface area contributed by atoms with Crippen molar-refractivity contribution in [2.45, 2.75) is 6.61 Å². The van der Waals surface area contributed by atoms with Gasteiger partial charge in [-0.15, -0.1) is 0 Å². The lowest BCUT2D eigenvalue weighted by molar-refractivity contribution is -0.0114. The Hall–Kier alpha value is 0.600. The molecule has 0 radical (unpaired) electrons. The molecule has 0 spiro atoms. The maximum Gasteiger partial charge on any atom is 0.144 e. The summed E-state index contributed by atoms with van der Waals surface area (Å²) < 4.78 is 7.28. The maximum absolute atomic E-state index is 8.45. The van der Waals surface area contributed by atoms with Crippen molar-refractivity contribution in [3.63, 3.8) is 0 Å². The van der Waals surface area contributed by atoms with Gasteiger partial charge in [0.15, 0.2) is 0 Å². The van der Waals surface area contributed by atoms with Crippen molar-refractivity contribution in [1.29, 1.82) is 0 Å². The SMILES string of the molecule is OCOCc1ccc(I)cc1I. The Morgan fingerprint density at radius 3 is 2.67 bits per heavy atom. The molecule has 0 heterocycles. The first-order valence-electron chi connectivity index (χ1n) is 3.36. The van der Waals surface area contributed by atoms with Gasteiger partial charge in [-0.2, -0.15) is 0 Å². The fourth-order valence-corrected chi connectivity index (χ4v) is 2.55. The van der Waals surface area contributed by atoms with Crippen LogP contribution in [0.25, 0.3) is 0 Å². The monoisotopic (exact) mass is 390 g/mol. The van der Waals surface area contributed by atoms with E-state index in [2.05, 4.69) is 51.2 Å². The second kappa shape index (κ2) is 5.36. The molecule has 0 unspecified atom stereocenters. The lowest BCUT2D eigenvalue weighted by Crippen LogP contribution is -1.96. The molecule has 0 atom stereocenters. The van der Waals surface area contributed by atoms with E-state index >= 15 is 0 Å². The van der Waals surface area contributed by atoms with Crippen LogP contribution in [-0.4, -0.2) is 11.9 Å². The summed E-state index contributed by atoms with van der Waals surface area (Å²) in [6, 6.07) is 6.12. The molecule has 1 rings (SSSR count). The third kappa shape index (κ3) is 3.15. The first-order chi connectivity index (χ1) is 5.74. The quantitative estimate of drug-likeness (QED) is 0.635. The lowest BCUT2D eigenvalue weighted by atomic mass is 10.2. The van der Waals surface area contributed by atoms with Crippen molar-refractivity contribution in [3.8, 4) is 0 Å². The van der Waals surface area contributed by atoms with Gasteiger partial charge in [0.1, 0.15) is 6.79 Å². The number of halogens is 2. The van der Waals surface area contributed by atoms with Gasteiger partial charge in [-0.3, -0.25) is 0 Å². The maximum atomic E-state index is 8.45. The van der Waals surface area contributed by atoms with Gasteiger partial charge in [-0.05, 0) is 62.9 Å². The summed E-state index contributed by atoms with van der Waals surface area (Å²) in [7, 11) is 0. The van der Waals surface area contributed by atoms with Crippen LogP contribution in [0.1, 0.15) is 5.56 Å². The van der Waals surface area contributed by atoms with Gasteiger partial charge in [0.25, 0.3) is 0 Å². The van der Waals surface area contributed by atoms with Gasteiger partial charge in [0, 0.05) is 7.14 Å². The molecule has 12 heavy (non-hydrogen) atoms. The van der Waals surface area contributed by atoms with Crippen LogP contribution in [0.15, 0.2) is 18.2 Å². The van der Waals surface area contributed by atoms with Crippen LogP contribution in [0.2, 0.25) is 0 Å². The van der Waals surface area contributed by atoms with Gasteiger partial charge in [0.05, 0.1) is 6.61 Å². The molecule has 0 aliphatic rings. The summed E-state index contributed by atoms with van der Waals surface area (Å²) >= 11 is 4.52. The van der Waals surface area contributed by atoms with Crippen LogP contribution >= 0.6 is 45.2 Å². The van der Waals surface area contributed by atoms with Crippen LogP contribution in [0.5, 0.6) is 0 Å². The molecule has 1 N–H and O–H groups in total. The normalized spacial score (nSPS) is 10.2. The molecular formula is C8H8I2O2. The van der Waals surface area contributed by atoms with Crippen molar-refractivity contribution in [1.82, 2.24) is 0 Å². The summed E-state index contributed by atoms with van der Waals surface area (Å²) in [6.45, 7) is 0.258. The summed E-state index contributed by atoms with van der Waals surface area (Å²) in [4.78, 5) is 0. The Labute approximate surface area is 98.6 Å². The highest BCUT2D eigenvalue weighted by Gasteiger charge is 1.99. The van der Waals surface area contributed by atoms with E-state index in [4.69, 9.17) is 9.84 Å². The standard InChI is InChI=1S/C8H8I2O2/c9-7-2-1-6(4-12-5-11)8(10)3-7/h1-3,11H,4-5H2. The highest BCUT2D eigenvalue weighted by atomic mass is 127. The summed E-state index contributed by atoms with van der Waals surface area (Å²) in [5.74, 6) is 0. The van der Waals surface area contributed by atoms with E-state index in [0.717, 1.165) is 5.56 Å². The van der Waals surface area contributed by atoms with Crippen molar-refractivity contribution in [3.05, 3.63) is 30.9 Å². The molecule has 0 aliphatic carbocycles. The topological polar surface area (TPSA) is 29.5 Å². The highest BCUT2D eigenvalue weighted by molar-refractivity contribution is 14.1. The second-order valence-electron chi connectivity index (χ2n) is 2.21. The van der Waals surface area contributed by atoms with E-state index in [1.165, 1.54) is 7.14 Å². The van der Waals surface area contributed by atoms with Crippen molar-refractivity contribution < 1.29 is 9.84 Å². The lowest BCUT2D eigenvalue weighted by Gasteiger charge is -2.03. The molecule has 1 aromatic rings. The van der Waals surface area contributed by atoms with E-state index in [0.29, 0.717) is 6.61 Å². The Kier molecular flexibility index (Phi) is 4.77. The minimum Gasteiger partial charge on any atom is -0.371 e. The zero-order chi connectivity index (χ0) is 8.97. The van der Waals surface area contributed by atoms with E-state index in [1.807, 2.05) is 12.1 Å². The van der Waals surface area contributed by atoms with Gasteiger partial charge >= 0.3 is 0 Å². The first kappa shape index (κ1) is 10.7. The predicted octanol–water partition coefficient (Wildman–Crippen LogP) is 2.36. The van der Waals surface area contributed by atoms with Crippen LogP contribution in [0.3, 0.4) is 0 Å². The molecule has 0 bridgehead atoms. The number of aliphatic hydroxyl groups excluding tert-OH is 1. The zero-order valence-corrected chi connectivity index (χ0v) is 10.6. The number of rotatable bonds is 3. The van der Waals surface area contributed by atoms with Gasteiger partial charge in [-0.25, -0.2) is 0 Å². The third-order valence-electron chi connectivity index (χ3n) is 1.36. The minimum atomic E-state index is -0.220. The average molecular weight is 390 g/mol. The fourth-order valence-electron chi connectivity index (χ4n) is 0.794. The third-order valence-corrected chi connectivity index (χ3v) is 3.04. The molecular weight excluding hydrogens is 382 g/mol. The van der Waals surface area contributed by atoms with Crippen LogP contribution in [0, 0.1) is 7.14 Å². The van der Waals surface area contributed by atoms with E-state index < -0.39 is 0 Å². The fraction of sp³-hybridized carbons (Fsp3) is 0.250. The summed E-state index contributed by atoms with van der Waals surface area (Å²) in [5, 5.41) is 8.45. The number of aliphatic hydroxyl groups is 1. The molecule has 0 aromatic heterocycles. The van der Waals surface area contributed by atoms with E-state index in [9.17, 15) is 0 Å². The second-order valence-corrected chi connectivity index (χ2v) is 4.62. The molecule has 66 valence electrons. The molecule has 0 aliphatic heterocycles. The largest absolute Gasteiger partial charge is 0.371 e. The Balaban J connectivity index is 2.72. The number of ether oxygens (including phenoxy) is 1. The zero-order valence-electron chi connectivity index (χ0n) is 6.26. The van der Waals surface area contributed by atoms with E-state index in [1.54, 1.807) is 0 Å². The van der Waals surface area contributed by atoms with Crippen molar-refractivity contribution >= 4 is 45.2 Å². The first-order valence-corrected chi connectivity index (χ1v) is 5.52. The average Bonchev–Trinajstić information content (AvgIpc) is 2.03. The summed E-state index contributed by atoms with van der Waals surface area (Å²) in [5.41, 5.74) is 1.12. The Morgan fingerprint density at radius 2 is 2.08 bits per heavy atom. The summed E-state index contributed by atoms with van der Waals surface area (Å²) in [6.07, 6.45) is 0. The Bertz CT molecular complexity index is 263. The molecule has 0 fully saturated rings. The minimum absolute atomic E-state index is 0.220. The number of benzene rings is 1. The van der Waals surface area contributed by atoms with Gasteiger partial charge < -0.3 is 9.84 Å². The molecule has 0 amide bonds. The molecule has 0 saturated carbocycles. The van der Waals surface area contributed by atoms with E-state index in [-0.39, 0.29) is 6.79 Å². The molecule has 1 aromatic carbocycles. The van der Waals surface area contributed by atoms with Crippen LogP contribution in [0.4, 0.5) is 0 Å². The number of hydrogen-bond acceptors (Lipinski definition) is 2. The van der Waals surface area contributed by atoms with Crippen LogP contribution < -0.4 is 0 Å².